The van der Waals surface area contributed by atoms with Crippen LogP contribution in [-0.2, 0) is 0 Å². The number of aryl methyl sites for hydroxylation is 2. The number of benzene rings is 1. The summed E-state index contributed by atoms with van der Waals surface area (Å²) in [4.78, 5) is 13.5. The number of carbonyl (C=O) groups excluding carboxylic acids is 1. The standard InChI is InChI=1S/C12H16ClN3O/c1-7-3-8(2)11(10(13)4-7)16-6-9(5-14)15-12(16)17/h3-4,9H,5-6,14H2,1-2H3,(H,15,17). The number of rotatable bonds is 2. The van der Waals surface area contributed by atoms with Crippen molar-refractivity contribution in [3.8, 4) is 0 Å². The van der Waals surface area contributed by atoms with Gasteiger partial charge in [-0.05, 0) is 31.0 Å². The van der Waals surface area contributed by atoms with Gasteiger partial charge in [0.25, 0.3) is 0 Å². The Morgan fingerprint density at radius 3 is 2.76 bits per heavy atom. The molecule has 5 heteroatoms. The van der Waals surface area contributed by atoms with Gasteiger partial charge < -0.3 is 11.1 Å². The molecule has 1 aliphatic heterocycles. The first-order chi connectivity index (χ1) is 8.02. The zero-order valence-electron chi connectivity index (χ0n) is 9.96. The van der Waals surface area contributed by atoms with Gasteiger partial charge in [0.2, 0.25) is 0 Å². The number of hydrogen-bond donors (Lipinski definition) is 2. The van der Waals surface area contributed by atoms with Crippen molar-refractivity contribution in [3.63, 3.8) is 0 Å². The molecule has 3 N–H and O–H groups in total. The summed E-state index contributed by atoms with van der Waals surface area (Å²) in [5, 5.41) is 3.43. The van der Waals surface area contributed by atoms with Gasteiger partial charge >= 0.3 is 6.03 Å². The summed E-state index contributed by atoms with van der Waals surface area (Å²) in [6.07, 6.45) is 0. The first-order valence-corrected chi connectivity index (χ1v) is 5.95. The fourth-order valence-corrected chi connectivity index (χ4v) is 2.60. The maximum atomic E-state index is 11.8. The third kappa shape index (κ3) is 2.23. The first-order valence-electron chi connectivity index (χ1n) is 5.57. The highest BCUT2D eigenvalue weighted by Crippen LogP contribution is 2.32. The van der Waals surface area contributed by atoms with Crippen molar-refractivity contribution in [2.45, 2.75) is 19.9 Å². The number of nitrogens with zero attached hydrogens (tertiary/aromatic N) is 1. The highest BCUT2D eigenvalue weighted by Gasteiger charge is 2.30. The van der Waals surface area contributed by atoms with Crippen LogP contribution in [0.2, 0.25) is 5.02 Å². The molecule has 2 rings (SSSR count). The molecule has 0 saturated carbocycles. The van der Waals surface area contributed by atoms with Gasteiger partial charge in [0.1, 0.15) is 0 Å². The summed E-state index contributed by atoms with van der Waals surface area (Å²) in [6, 6.07) is 3.76. The maximum absolute atomic E-state index is 11.8. The molecule has 1 aliphatic rings. The second-order valence-corrected chi connectivity index (χ2v) is 4.81. The second-order valence-electron chi connectivity index (χ2n) is 4.40. The lowest BCUT2D eigenvalue weighted by atomic mass is 10.1. The molecule has 92 valence electrons. The van der Waals surface area contributed by atoms with Crippen LogP contribution in [-0.4, -0.2) is 25.2 Å². The lowest BCUT2D eigenvalue weighted by Crippen LogP contribution is -2.33. The predicted octanol–water partition coefficient (Wildman–Crippen LogP) is 1.81. The topological polar surface area (TPSA) is 58.4 Å². The Kier molecular flexibility index (Phi) is 3.26. The van der Waals surface area contributed by atoms with Crippen molar-refractivity contribution >= 4 is 23.3 Å². The molecule has 0 aromatic heterocycles. The molecule has 1 unspecified atom stereocenters. The van der Waals surface area contributed by atoms with Crippen LogP contribution in [0.25, 0.3) is 0 Å². The summed E-state index contributed by atoms with van der Waals surface area (Å²) < 4.78 is 0. The fourth-order valence-electron chi connectivity index (χ4n) is 2.18. The van der Waals surface area contributed by atoms with Gasteiger partial charge in [0.15, 0.2) is 0 Å². The highest BCUT2D eigenvalue weighted by atomic mass is 35.5. The fraction of sp³-hybridized carbons (Fsp3) is 0.417. The van der Waals surface area contributed by atoms with E-state index < -0.39 is 0 Å². The van der Waals surface area contributed by atoms with Crippen LogP contribution in [0, 0.1) is 13.8 Å². The van der Waals surface area contributed by atoms with Gasteiger partial charge in [-0.25, -0.2) is 4.79 Å². The van der Waals surface area contributed by atoms with Crippen LogP contribution >= 0.6 is 11.6 Å². The van der Waals surface area contributed by atoms with Crippen LogP contribution in [0.3, 0.4) is 0 Å². The van der Waals surface area contributed by atoms with E-state index in [4.69, 9.17) is 17.3 Å². The molecular formula is C12H16ClN3O. The van der Waals surface area contributed by atoms with E-state index in [9.17, 15) is 4.79 Å². The van der Waals surface area contributed by atoms with Crippen LogP contribution in [0.4, 0.5) is 10.5 Å². The normalized spacial score (nSPS) is 19.6. The minimum atomic E-state index is -0.130. The number of halogens is 1. The Balaban J connectivity index is 2.38. The van der Waals surface area contributed by atoms with Crippen molar-refractivity contribution in [3.05, 3.63) is 28.3 Å². The average molecular weight is 254 g/mol. The predicted molar refractivity (Wildman–Crippen MR) is 69.6 cm³/mol. The van der Waals surface area contributed by atoms with Gasteiger partial charge in [-0.1, -0.05) is 17.7 Å². The van der Waals surface area contributed by atoms with E-state index in [1.165, 1.54) is 0 Å². The zero-order chi connectivity index (χ0) is 12.6. The minimum absolute atomic E-state index is 0.000676. The van der Waals surface area contributed by atoms with E-state index in [-0.39, 0.29) is 12.1 Å². The van der Waals surface area contributed by atoms with Gasteiger partial charge in [-0.15, -0.1) is 0 Å². The number of anilines is 1. The summed E-state index contributed by atoms with van der Waals surface area (Å²) in [5.41, 5.74) is 8.44. The molecule has 0 radical (unpaired) electrons. The van der Waals surface area contributed by atoms with Gasteiger partial charge in [0, 0.05) is 13.1 Å². The van der Waals surface area contributed by atoms with E-state index in [1.807, 2.05) is 26.0 Å². The number of amides is 2. The van der Waals surface area contributed by atoms with Gasteiger partial charge in [-0.2, -0.15) is 0 Å². The summed E-state index contributed by atoms with van der Waals surface area (Å²) in [7, 11) is 0. The molecule has 0 bridgehead atoms. The van der Waals surface area contributed by atoms with Crippen LogP contribution in [0.5, 0.6) is 0 Å². The number of urea groups is 1. The van der Waals surface area contributed by atoms with Gasteiger partial charge in [-0.3, -0.25) is 4.90 Å². The number of nitrogens with two attached hydrogens (primary N) is 1. The van der Waals surface area contributed by atoms with E-state index in [0.29, 0.717) is 18.1 Å². The summed E-state index contributed by atoms with van der Waals surface area (Å²) in [6.45, 7) is 4.94. The monoisotopic (exact) mass is 253 g/mol. The zero-order valence-corrected chi connectivity index (χ0v) is 10.7. The molecule has 1 saturated heterocycles. The number of hydrogen-bond acceptors (Lipinski definition) is 2. The molecule has 0 spiro atoms. The Morgan fingerprint density at radius 2 is 2.24 bits per heavy atom. The quantitative estimate of drug-likeness (QED) is 0.845. The summed E-state index contributed by atoms with van der Waals surface area (Å²) >= 11 is 6.22. The SMILES string of the molecule is Cc1cc(C)c(N2CC(CN)NC2=O)c(Cl)c1. The second kappa shape index (κ2) is 4.55. The molecule has 0 aliphatic carbocycles. The molecule has 1 aromatic rings. The lowest BCUT2D eigenvalue weighted by Gasteiger charge is -2.19. The van der Waals surface area contributed by atoms with E-state index >= 15 is 0 Å². The number of nitrogens with one attached hydrogen (secondary N) is 1. The molecular weight excluding hydrogens is 238 g/mol. The first kappa shape index (κ1) is 12.2. The summed E-state index contributed by atoms with van der Waals surface area (Å²) in [5.74, 6) is 0. The molecule has 2 amide bonds. The maximum Gasteiger partial charge on any atom is 0.322 e. The smallest absolute Gasteiger partial charge is 0.322 e. The molecule has 4 nitrogen and oxygen atoms in total. The van der Waals surface area contributed by atoms with Crippen molar-refractivity contribution in [2.24, 2.45) is 5.73 Å². The Bertz CT molecular complexity index is 438. The van der Waals surface area contributed by atoms with Crippen LogP contribution in [0.15, 0.2) is 12.1 Å². The van der Waals surface area contributed by atoms with E-state index in [2.05, 4.69) is 5.32 Å². The largest absolute Gasteiger partial charge is 0.332 e. The third-order valence-electron chi connectivity index (χ3n) is 2.93. The number of carbonyl (C=O) groups is 1. The molecule has 1 atom stereocenters. The highest BCUT2D eigenvalue weighted by molar-refractivity contribution is 6.34. The molecule has 1 fully saturated rings. The van der Waals surface area contributed by atoms with Crippen molar-refractivity contribution in [1.82, 2.24) is 5.32 Å². The molecule has 17 heavy (non-hydrogen) atoms. The van der Waals surface area contributed by atoms with Crippen LogP contribution in [0.1, 0.15) is 11.1 Å². The lowest BCUT2D eigenvalue weighted by molar-refractivity contribution is 0.251. The van der Waals surface area contributed by atoms with Crippen LogP contribution < -0.4 is 16.0 Å². The van der Waals surface area contributed by atoms with E-state index in [1.54, 1.807) is 4.90 Å². The third-order valence-corrected chi connectivity index (χ3v) is 3.22. The Labute approximate surface area is 106 Å². The van der Waals surface area contributed by atoms with Crippen molar-refractivity contribution in [2.75, 3.05) is 18.0 Å². The Morgan fingerprint density at radius 1 is 1.53 bits per heavy atom. The molecule has 1 heterocycles. The van der Waals surface area contributed by atoms with E-state index in [0.717, 1.165) is 16.8 Å². The van der Waals surface area contributed by atoms with Gasteiger partial charge in [0.05, 0.1) is 16.8 Å². The average Bonchev–Trinajstić information content (AvgIpc) is 2.59. The van der Waals surface area contributed by atoms with Crippen molar-refractivity contribution in [1.29, 1.82) is 0 Å². The molecule has 1 aromatic carbocycles. The minimum Gasteiger partial charge on any atom is -0.332 e. The van der Waals surface area contributed by atoms with Crippen molar-refractivity contribution < 1.29 is 4.79 Å². The Hall–Kier alpha value is -1.26.